The van der Waals surface area contributed by atoms with Crippen molar-refractivity contribution in [2.75, 3.05) is 0 Å². The monoisotopic (exact) mass is 502 g/mol. The van der Waals surface area contributed by atoms with Crippen LogP contribution in [-0.2, 0) is 19.6 Å². The van der Waals surface area contributed by atoms with Gasteiger partial charge in [-0.05, 0) is 71.1 Å². The van der Waals surface area contributed by atoms with Crippen molar-refractivity contribution in [1.82, 2.24) is 30.1 Å². The topological polar surface area (TPSA) is 92.8 Å². The molecule has 184 valence electrons. The van der Waals surface area contributed by atoms with Gasteiger partial charge in [-0.1, -0.05) is 48.4 Å². The molecule has 0 saturated heterocycles. The van der Waals surface area contributed by atoms with Crippen LogP contribution in [0, 0.1) is 6.92 Å². The van der Waals surface area contributed by atoms with E-state index in [9.17, 15) is 4.79 Å². The van der Waals surface area contributed by atoms with Crippen LogP contribution < -0.4 is 5.56 Å². The molecule has 2 aromatic carbocycles. The fourth-order valence-electron chi connectivity index (χ4n) is 4.55. The number of pyridine rings is 1. The number of hydrogen-bond donors (Lipinski definition) is 1. The van der Waals surface area contributed by atoms with Gasteiger partial charge in [-0.3, -0.25) is 9.69 Å². The summed E-state index contributed by atoms with van der Waals surface area (Å²) in [5.74, 6) is 1.46. The van der Waals surface area contributed by atoms with Crippen LogP contribution in [0.3, 0.4) is 0 Å². The Balaban J connectivity index is 1.54. The highest BCUT2D eigenvalue weighted by molar-refractivity contribution is 6.31. The number of nitrogens with one attached hydrogen (secondary N) is 1. The lowest BCUT2D eigenvalue weighted by atomic mass is 10.1. The number of benzene rings is 2. The third-order valence-corrected chi connectivity index (χ3v) is 6.72. The van der Waals surface area contributed by atoms with Crippen LogP contribution in [0.1, 0.15) is 47.7 Å². The number of aromatic amines is 1. The van der Waals surface area contributed by atoms with E-state index in [2.05, 4.69) is 38.4 Å². The lowest BCUT2D eigenvalue weighted by molar-refractivity contribution is 0.161. The third kappa shape index (κ3) is 5.10. The number of nitrogens with zero attached hydrogens (tertiary/aromatic N) is 5. The van der Waals surface area contributed by atoms with Crippen LogP contribution in [0.25, 0.3) is 10.9 Å². The van der Waals surface area contributed by atoms with E-state index in [1.54, 1.807) is 10.9 Å². The van der Waals surface area contributed by atoms with E-state index >= 15 is 0 Å². The van der Waals surface area contributed by atoms with E-state index in [1.165, 1.54) is 0 Å². The molecule has 9 heteroatoms. The van der Waals surface area contributed by atoms with E-state index in [-0.39, 0.29) is 11.6 Å². The first-order chi connectivity index (χ1) is 17.5. The Morgan fingerprint density at radius 2 is 1.92 bits per heavy atom. The van der Waals surface area contributed by atoms with Crippen molar-refractivity contribution in [3.05, 3.63) is 111 Å². The Kier molecular flexibility index (Phi) is 6.97. The average molecular weight is 503 g/mol. The van der Waals surface area contributed by atoms with Crippen molar-refractivity contribution in [1.29, 1.82) is 0 Å². The molecule has 1 atom stereocenters. The molecule has 0 fully saturated rings. The van der Waals surface area contributed by atoms with Gasteiger partial charge in [-0.2, -0.15) is 0 Å². The van der Waals surface area contributed by atoms with Gasteiger partial charge < -0.3 is 9.40 Å². The molecule has 0 spiro atoms. The van der Waals surface area contributed by atoms with Crippen LogP contribution >= 0.6 is 11.6 Å². The molecule has 0 aliphatic rings. The number of halogens is 1. The highest BCUT2D eigenvalue weighted by atomic mass is 35.5. The maximum absolute atomic E-state index is 13.1. The average Bonchev–Trinajstić information content (AvgIpc) is 3.55. The molecule has 0 aliphatic heterocycles. The lowest BCUT2D eigenvalue weighted by Crippen LogP contribution is -2.32. The van der Waals surface area contributed by atoms with Gasteiger partial charge in [-0.25, -0.2) is 4.68 Å². The van der Waals surface area contributed by atoms with E-state index < -0.39 is 0 Å². The fraction of sp³-hybridized carbons (Fsp3) is 0.259. The fourth-order valence-corrected chi connectivity index (χ4v) is 4.74. The Morgan fingerprint density at radius 1 is 1.08 bits per heavy atom. The van der Waals surface area contributed by atoms with Crippen molar-refractivity contribution in [2.45, 2.75) is 45.9 Å². The number of hydrogen-bond acceptors (Lipinski definition) is 6. The van der Waals surface area contributed by atoms with Crippen LogP contribution in [0.15, 0.2) is 76.1 Å². The second-order valence-corrected chi connectivity index (χ2v) is 9.32. The summed E-state index contributed by atoms with van der Waals surface area (Å²) in [5, 5.41) is 14.2. The van der Waals surface area contributed by atoms with Crippen molar-refractivity contribution < 1.29 is 4.42 Å². The molecule has 0 radical (unpaired) electrons. The normalized spacial score (nSPS) is 12.4. The highest BCUT2D eigenvalue weighted by Crippen LogP contribution is 2.29. The van der Waals surface area contributed by atoms with Gasteiger partial charge >= 0.3 is 0 Å². The zero-order valence-corrected chi connectivity index (χ0v) is 20.9. The number of furan rings is 1. The Bertz CT molecular complexity index is 1530. The van der Waals surface area contributed by atoms with Gasteiger partial charge in [0.25, 0.3) is 5.56 Å². The smallest absolute Gasteiger partial charge is 0.252 e. The number of tetrazole rings is 1. The van der Waals surface area contributed by atoms with E-state index in [1.807, 2.05) is 61.5 Å². The molecule has 5 aromatic rings. The molecular weight excluding hydrogens is 476 g/mol. The zero-order chi connectivity index (χ0) is 25.1. The first-order valence-corrected chi connectivity index (χ1v) is 12.3. The minimum atomic E-state index is -0.168. The Morgan fingerprint density at radius 3 is 2.69 bits per heavy atom. The second kappa shape index (κ2) is 10.5. The Labute approximate surface area is 213 Å². The molecule has 0 saturated carbocycles. The molecule has 1 N–H and O–H groups in total. The molecule has 0 aliphatic carbocycles. The minimum absolute atomic E-state index is 0.111. The summed E-state index contributed by atoms with van der Waals surface area (Å²) in [7, 11) is 0. The zero-order valence-electron chi connectivity index (χ0n) is 20.2. The molecule has 5 rings (SSSR count). The molecule has 3 heterocycles. The summed E-state index contributed by atoms with van der Waals surface area (Å²) in [4.78, 5) is 18.3. The van der Waals surface area contributed by atoms with Gasteiger partial charge in [0.05, 0.1) is 12.3 Å². The van der Waals surface area contributed by atoms with Crippen LogP contribution in [-0.4, -0.2) is 30.1 Å². The standard InChI is InChI=1S/C27H27ClN6O2/c1-3-25(26-30-31-32-34(26)17-22-8-6-12-36-22)33(15-19-7-4-5-9-23(19)28)16-21-14-20-13-18(2)10-11-24(20)29-27(21)35/h4-14,25H,3,15-17H2,1-2H3,(H,29,35). The molecule has 8 nitrogen and oxygen atoms in total. The summed E-state index contributed by atoms with van der Waals surface area (Å²) < 4.78 is 7.27. The highest BCUT2D eigenvalue weighted by Gasteiger charge is 2.27. The molecule has 1 unspecified atom stereocenters. The summed E-state index contributed by atoms with van der Waals surface area (Å²) >= 11 is 6.54. The van der Waals surface area contributed by atoms with Crippen LogP contribution in [0.2, 0.25) is 5.02 Å². The molecule has 36 heavy (non-hydrogen) atoms. The number of aryl methyl sites for hydroxylation is 1. The predicted octanol–water partition coefficient (Wildman–Crippen LogP) is 5.27. The second-order valence-electron chi connectivity index (χ2n) is 8.91. The maximum Gasteiger partial charge on any atom is 0.252 e. The van der Waals surface area contributed by atoms with Crippen molar-refractivity contribution in [3.8, 4) is 0 Å². The largest absolute Gasteiger partial charge is 0.467 e. The van der Waals surface area contributed by atoms with Gasteiger partial charge in [0.2, 0.25) is 0 Å². The quantitative estimate of drug-likeness (QED) is 0.295. The maximum atomic E-state index is 13.1. The summed E-state index contributed by atoms with van der Waals surface area (Å²) in [6.07, 6.45) is 2.36. The van der Waals surface area contributed by atoms with E-state index in [4.69, 9.17) is 16.0 Å². The third-order valence-electron chi connectivity index (χ3n) is 6.35. The number of aromatic nitrogens is 5. The van der Waals surface area contributed by atoms with Crippen molar-refractivity contribution in [3.63, 3.8) is 0 Å². The van der Waals surface area contributed by atoms with E-state index in [0.717, 1.165) is 34.2 Å². The molecule has 0 bridgehead atoms. The first-order valence-electron chi connectivity index (χ1n) is 11.9. The minimum Gasteiger partial charge on any atom is -0.467 e. The lowest BCUT2D eigenvalue weighted by Gasteiger charge is -2.30. The summed E-state index contributed by atoms with van der Waals surface area (Å²) in [6.45, 7) is 5.47. The van der Waals surface area contributed by atoms with Crippen molar-refractivity contribution in [2.24, 2.45) is 0 Å². The SMILES string of the molecule is CCC(c1nnnn1Cc1ccco1)N(Cc1ccccc1Cl)Cc1cc2cc(C)ccc2[nH]c1=O. The van der Waals surface area contributed by atoms with E-state index in [0.29, 0.717) is 36.0 Å². The van der Waals surface area contributed by atoms with Crippen LogP contribution in [0.5, 0.6) is 0 Å². The molecule has 0 amide bonds. The predicted molar refractivity (Wildman–Crippen MR) is 139 cm³/mol. The van der Waals surface area contributed by atoms with Crippen LogP contribution in [0.4, 0.5) is 0 Å². The molecule has 3 aromatic heterocycles. The van der Waals surface area contributed by atoms with Gasteiger partial charge in [0.15, 0.2) is 5.82 Å². The number of fused-ring (bicyclic) bond motifs is 1. The first kappa shape index (κ1) is 24.0. The number of rotatable bonds is 9. The number of H-pyrrole nitrogens is 1. The van der Waals surface area contributed by atoms with Gasteiger partial charge in [-0.15, -0.1) is 5.10 Å². The molecular formula is C27H27ClN6O2. The Hall–Kier alpha value is -3.75. The van der Waals surface area contributed by atoms with Gasteiger partial charge in [0, 0.05) is 29.2 Å². The van der Waals surface area contributed by atoms with Gasteiger partial charge in [0.1, 0.15) is 12.3 Å². The summed E-state index contributed by atoms with van der Waals surface area (Å²) in [6, 6.07) is 19.3. The summed E-state index contributed by atoms with van der Waals surface area (Å²) in [5.41, 5.74) is 3.48. The van der Waals surface area contributed by atoms with Crippen molar-refractivity contribution >= 4 is 22.5 Å².